The van der Waals surface area contributed by atoms with Crippen LogP contribution in [0.1, 0.15) is 21.8 Å². The first kappa shape index (κ1) is 24.4. The number of hydrogen-bond acceptors (Lipinski definition) is 7. The first-order chi connectivity index (χ1) is 16.7. The van der Waals surface area contributed by atoms with E-state index in [1.165, 1.54) is 36.7 Å². The number of carbonyl (C=O) groups is 1. The average Bonchev–Trinajstić information content (AvgIpc) is 3.32. The van der Waals surface area contributed by atoms with Crippen LogP contribution in [0, 0.1) is 5.82 Å². The van der Waals surface area contributed by atoms with Crippen molar-refractivity contribution in [1.29, 1.82) is 0 Å². The van der Waals surface area contributed by atoms with Crippen molar-refractivity contribution < 1.29 is 22.0 Å². The Labute approximate surface area is 206 Å². The molecule has 11 heteroatoms. The summed E-state index contributed by atoms with van der Waals surface area (Å²) < 4.78 is 43.0. The number of amides is 1. The molecule has 2 aromatic heterocycles. The summed E-state index contributed by atoms with van der Waals surface area (Å²) in [7, 11) is -3.80. The van der Waals surface area contributed by atoms with Crippen molar-refractivity contribution in [2.24, 2.45) is 0 Å². The van der Waals surface area contributed by atoms with E-state index >= 15 is 0 Å². The Morgan fingerprint density at radius 3 is 2.54 bits per heavy atom. The molecule has 0 atom stereocenters. The van der Waals surface area contributed by atoms with E-state index in [-0.39, 0.29) is 17.9 Å². The molecule has 0 fully saturated rings. The van der Waals surface area contributed by atoms with E-state index in [1.54, 1.807) is 35.2 Å². The molecule has 4 rings (SSSR count). The van der Waals surface area contributed by atoms with Gasteiger partial charge in [-0.15, -0.1) is 0 Å². The van der Waals surface area contributed by atoms with Crippen LogP contribution in [0.3, 0.4) is 0 Å². The molecular weight excluding hydrogens is 495 g/mol. The van der Waals surface area contributed by atoms with E-state index in [0.29, 0.717) is 23.0 Å². The molecule has 1 amide bonds. The maximum Gasteiger partial charge on any atom is 0.276 e. The number of nitrogens with zero attached hydrogens (tertiary/aromatic N) is 3. The van der Waals surface area contributed by atoms with E-state index in [9.17, 15) is 17.6 Å². The lowest BCUT2D eigenvalue weighted by atomic mass is 10.2. The van der Waals surface area contributed by atoms with E-state index < -0.39 is 26.7 Å². The summed E-state index contributed by atoms with van der Waals surface area (Å²) in [6, 6.07) is 15.9. The van der Waals surface area contributed by atoms with Crippen molar-refractivity contribution in [2.75, 3.05) is 16.5 Å². The summed E-state index contributed by atoms with van der Waals surface area (Å²) in [6.45, 7) is 0.525. The Hall–Kier alpha value is -3.76. The second kappa shape index (κ2) is 10.2. The van der Waals surface area contributed by atoms with Crippen LogP contribution in [0.4, 0.5) is 15.8 Å². The molecule has 1 N–H and O–H groups in total. The van der Waals surface area contributed by atoms with Gasteiger partial charge < -0.3 is 14.6 Å². The Bertz CT molecular complexity index is 1440. The highest BCUT2D eigenvalue weighted by Gasteiger charge is 2.24. The third kappa shape index (κ3) is 6.23. The van der Waals surface area contributed by atoms with Gasteiger partial charge in [-0.25, -0.2) is 22.8 Å². The van der Waals surface area contributed by atoms with Gasteiger partial charge in [-0.2, -0.15) is 0 Å². The Balaban J connectivity index is 1.78. The second-order valence-electron chi connectivity index (χ2n) is 7.68. The second-order valence-corrected chi connectivity index (χ2v) is 10.0. The molecule has 0 aliphatic rings. The van der Waals surface area contributed by atoms with E-state index in [1.807, 2.05) is 6.07 Å². The third-order valence-corrected chi connectivity index (χ3v) is 6.02. The zero-order valence-electron chi connectivity index (χ0n) is 18.5. The fourth-order valence-electron chi connectivity index (χ4n) is 3.33. The van der Waals surface area contributed by atoms with Crippen molar-refractivity contribution in [3.63, 3.8) is 0 Å². The minimum Gasteiger partial charge on any atom is -0.467 e. The summed E-state index contributed by atoms with van der Waals surface area (Å²) in [6.07, 6.45) is 3.77. The molecule has 0 aliphatic carbocycles. The first-order valence-corrected chi connectivity index (χ1v) is 12.6. The van der Waals surface area contributed by atoms with Crippen LogP contribution in [-0.4, -0.2) is 30.5 Å². The van der Waals surface area contributed by atoms with Crippen LogP contribution in [0.25, 0.3) is 0 Å². The third-order valence-electron chi connectivity index (χ3n) is 4.93. The van der Waals surface area contributed by atoms with Crippen LogP contribution in [0.5, 0.6) is 0 Å². The van der Waals surface area contributed by atoms with Gasteiger partial charge >= 0.3 is 0 Å². The van der Waals surface area contributed by atoms with Crippen molar-refractivity contribution in [1.82, 2.24) is 9.97 Å². The number of carbonyl (C=O) groups excluding carboxylic acids is 1. The normalized spacial score (nSPS) is 11.3. The van der Waals surface area contributed by atoms with Crippen molar-refractivity contribution >= 4 is 38.7 Å². The number of anilines is 2. The van der Waals surface area contributed by atoms with Gasteiger partial charge in [0, 0.05) is 23.5 Å². The standard InChI is InChI=1S/C24H20ClFN4O4S/c1-35(32,33)24-27-13-21(22(29-24)23(31)28-19-9-7-18(26)8-10-19)30(15-20-6-3-11-34-20)14-16-4-2-5-17(25)12-16/h2-13H,14-15H2,1H3,(H,28,31). The lowest BCUT2D eigenvalue weighted by molar-refractivity contribution is 0.102. The van der Waals surface area contributed by atoms with Crippen LogP contribution in [0.2, 0.25) is 5.02 Å². The molecule has 180 valence electrons. The Morgan fingerprint density at radius 2 is 1.89 bits per heavy atom. The largest absolute Gasteiger partial charge is 0.467 e. The first-order valence-electron chi connectivity index (χ1n) is 10.3. The van der Waals surface area contributed by atoms with E-state index in [0.717, 1.165) is 11.8 Å². The van der Waals surface area contributed by atoms with Gasteiger partial charge in [0.25, 0.3) is 5.91 Å². The Kier molecular flexibility index (Phi) is 7.13. The van der Waals surface area contributed by atoms with E-state index in [4.69, 9.17) is 16.0 Å². The number of aromatic nitrogens is 2. The molecule has 0 spiro atoms. The molecule has 0 radical (unpaired) electrons. The zero-order valence-corrected chi connectivity index (χ0v) is 20.1. The number of hydrogen-bond donors (Lipinski definition) is 1. The Morgan fingerprint density at radius 1 is 1.11 bits per heavy atom. The molecule has 35 heavy (non-hydrogen) atoms. The number of rotatable bonds is 8. The fraction of sp³-hybridized carbons (Fsp3) is 0.125. The quantitative estimate of drug-likeness (QED) is 0.339. The lowest BCUT2D eigenvalue weighted by Crippen LogP contribution is -2.27. The number of halogens is 2. The SMILES string of the molecule is CS(=O)(=O)c1ncc(N(Cc2cccc(Cl)c2)Cc2ccco2)c(C(=O)Nc2ccc(F)cc2)n1. The van der Waals surface area contributed by atoms with Gasteiger partial charge in [0.2, 0.25) is 15.0 Å². The minimum absolute atomic E-state index is 0.168. The van der Waals surface area contributed by atoms with Crippen LogP contribution in [-0.2, 0) is 22.9 Å². The number of furan rings is 1. The number of sulfone groups is 1. The van der Waals surface area contributed by atoms with Crippen molar-refractivity contribution in [2.45, 2.75) is 18.2 Å². The highest BCUT2D eigenvalue weighted by molar-refractivity contribution is 7.90. The fourth-order valence-corrected chi connectivity index (χ4v) is 4.05. The molecule has 0 aliphatic heterocycles. The summed E-state index contributed by atoms with van der Waals surface area (Å²) in [5.74, 6) is -0.546. The summed E-state index contributed by atoms with van der Waals surface area (Å²) in [5.41, 5.74) is 1.25. The molecule has 0 saturated carbocycles. The smallest absolute Gasteiger partial charge is 0.276 e. The van der Waals surface area contributed by atoms with E-state index in [2.05, 4.69) is 15.3 Å². The van der Waals surface area contributed by atoms with Crippen LogP contribution < -0.4 is 10.2 Å². The predicted octanol–water partition coefficient (Wildman–Crippen LogP) is 4.72. The molecule has 2 heterocycles. The van der Waals surface area contributed by atoms with Gasteiger partial charge in [-0.3, -0.25) is 4.79 Å². The van der Waals surface area contributed by atoms with Gasteiger partial charge in [-0.1, -0.05) is 23.7 Å². The van der Waals surface area contributed by atoms with Gasteiger partial charge in [0.1, 0.15) is 11.6 Å². The zero-order chi connectivity index (χ0) is 25.0. The highest BCUT2D eigenvalue weighted by atomic mass is 35.5. The summed E-state index contributed by atoms with van der Waals surface area (Å²) in [4.78, 5) is 23.1. The molecule has 8 nitrogen and oxygen atoms in total. The van der Waals surface area contributed by atoms with Crippen LogP contribution >= 0.6 is 11.6 Å². The average molecular weight is 515 g/mol. The topological polar surface area (TPSA) is 105 Å². The number of benzene rings is 2. The molecule has 2 aromatic carbocycles. The minimum atomic E-state index is -3.80. The maximum absolute atomic E-state index is 13.3. The molecule has 0 unspecified atom stereocenters. The molecule has 0 bridgehead atoms. The predicted molar refractivity (Wildman–Crippen MR) is 130 cm³/mol. The molecule has 4 aromatic rings. The summed E-state index contributed by atoms with van der Waals surface area (Å²) >= 11 is 6.15. The van der Waals surface area contributed by atoms with Crippen LogP contribution in [0.15, 0.2) is 82.7 Å². The monoisotopic (exact) mass is 514 g/mol. The van der Waals surface area contributed by atoms with Crippen molar-refractivity contribution in [3.8, 4) is 0 Å². The van der Waals surface area contributed by atoms with Gasteiger partial charge in [0.05, 0.1) is 24.7 Å². The number of nitrogens with one attached hydrogen (secondary N) is 1. The summed E-state index contributed by atoms with van der Waals surface area (Å²) in [5, 5.41) is 2.68. The molecular formula is C24H20ClFN4O4S. The van der Waals surface area contributed by atoms with Gasteiger partial charge in [0.15, 0.2) is 5.69 Å². The molecule has 0 saturated heterocycles. The van der Waals surface area contributed by atoms with Gasteiger partial charge in [-0.05, 0) is 54.1 Å². The lowest BCUT2D eigenvalue weighted by Gasteiger charge is -2.25. The maximum atomic E-state index is 13.3. The highest BCUT2D eigenvalue weighted by Crippen LogP contribution is 2.26. The van der Waals surface area contributed by atoms with Crippen molar-refractivity contribution in [3.05, 3.63) is 101 Å².